The van der Waals surface area contributed by atoms with Crippen molar-refractivity contribution in [2.75, 3.05) is 30.4 Å². The minimum atomic E-state index is -0.372. The molecule has 0 radical (unpaired) electrons. The van der Waals surface area contributed by atoms with E-state index < -0.39 is 0 Å². The highest BCUT2D eigenvalue weighted by atomic mass is 79.9. The summed E-state index contributed by atoms with van der Waals surface area (Å²) in [5, 5.41) is 5.23. The molecule has 0 saturated carbocycles. The lowest BCUT2D eigenvalue weighted by atomic mass is 10.2. The SMILES string of the molecule is CNC(=O)c1cccc(NC(=O)CN2C(=O)COc3cc(Br)ccc32)c1. The van der Waals surface area contributed by atoms with Crippen molar-refractivity contribution in [2.24, 2.45) is 0 Å². The number of fused-ring (bicyclic) bond motifs is 1. The van der Waals surface area contributed by atoms with E-state index in [-0.39, 0.29) is 30.9 Å². The van der Waals surface area contributed by atoms with Crippen LogP contribution in [0.3, 0.4) is 0 Å². The number of hydrogen-bond acceptors (Lipinski definition) is 4. The van der Waals surface area contributed by atoms with Crippen molar-refractivity contribution in [1.82, 2.24) is 5.32 Å². The van der Waals surface area contributed by atoms with Gasteiger partial charge in [-0.3, -0.25) is 19.3 Å². The Morgan fingerprint density at radius 3 is 2.81 bits per heavy atom. The standard InChI is InChI=1S/C18H16BrN3O4/c1-20-18(25)11-3-2-4-13(7-11)21-16(23)9-22-14-6-5-12(19)8-15(14)26-10-17(22)24/h2-8H,9-10H2,1H3,(H,20,25)(H,21,23). The number of rotatable bonds is 4. The van der Waals surface area contributed by atoms with Gasteiger partial charge >= 0.3 is 0 Å². The Balaban J connectivity index is 1.74. The van der Waals surface area contributed by atoms with E-state index >= 15 is 0 Å². The average Bonchev–Trinajstić information content (AvgIpc) is 2.63. The Morgan fingerprint density at radius 1 is 1.23 bits per heavy atom. The van der Waals surface area contributed by atoms with Crippen LogP contribution in [0.2, 0.25) is 0 Å². The number of anilines is 2. The summed E-state index contributed by atoms with van der Waals surface area (Å²) in [6, 6.07) is 11.8. The number of nitrogens with zero attached hydrogens (tertiary/aromatic N) is 1. The van der Waals surface area contributed by atoms with Gasteiger partial charge in [0.2, 0.25) is 5.91 Å². The summed E-state index contributed by atoms with van der Waals surface area (Å²) in [4.78, 5) is 37.6. The first-order valence-electron chi connectivity index (χ1n) is 7.82. The summed E-state index contributed by atoms with van der Waals surface area (Å²) in [6.45, 7) is -0.274. The van der Waals surface area contributed by atoms with E-state index in [1.807, 2.05) is 0 Å². The van der Waals surface area contributed by atoms with Gasteiger partial charge in [-0.05, 0) is 36.4 Å². The molecule has 3 amide bonds. The molecule has 134 valence electrons. The first-order valence-corrected chi connectivity index (χ1v) is 8.62. The molecule has 0 aromatic heterocycles. The average molecular weight is 418 g/mol. The van der Waals surface area contributed by atoms with Crippen LogP contribution in [-0.4, -0.2) is 37.9 Å². The Kier molecular flexibility index (Phi) is 5.22. The number of nitrogens with one attached hydrogen (secondary N) is 2. The zero-order chi connectivity index (χ0) is 18.7. The quantitative estimate of drug-likeness (QED) is 0.797. The topological polar surface area (TPSA) is 87.7 Å². The molecule has 1 heterocycles. The van der Waals surface area contributed by atoms with Gasteiger partial charge in [-0.2, -0.15) is 0 Å². The van der Waals surface area contributed by atoms with Crippen molar-refractivity contribution >= 4 is 45.0 Å². The molecule has 0 unspecified atom stereocenters. The molecule has 0 fully saturated rings. The van der Waals surface area contributed by atoms with Gasteiger partial charge in [0.1, 0.15) is 12.3 Å². The predicted octanol–water partition coefficient (Wildman–Crippen LogP) is 2.17. The number of carbonyl (C=O) groups is 3. The highest BCUT2D eigenvalue weighted by molar-refractivity contribution is 9.10. The van der Waals surface area contributed by atoms with Gasteiger partial charge < -0.3 is 15.4 Å². The molecule has 7 nitrogen and oxygen atoms in total. The Morgan fingerprint density at radius 2 is 2.04 bits per heavy atom. The van der Waals surface area contributed by atoms with Gasteiger partial charge in [0.25, 0.3) is 11.8 Å². The number of halogens is 1. The fourth-order valence-electron chi connectivity index (χ4n) is 2.58. The van der Waals surface area contributed by atoms with Crippen LogP contribution in [0.1, 0.15) is 10.4 Å². The molecular weight excluding hydrogens is 402 g/mol. The van der Waals surface area contributed by atoms with Gasteiger partial charge in [-0.15, -0.1) is 0 Å². The number of carbonyl (C=O) groups excluding carboxylic acids is 3. The molecule has 8 heteroatoms. The largest absolute Gasteiger partial charge is 0.482 e. The van der Waals surface area contributed by atoms with E-state index in [4.69, 9.17) is 4.74 Å². The number of benzene rings is 2. The van der Waals surface area contributed by atoms with Crippen molar-refractivity contribution in [1.29, 1.82) is 0 Å². The van der Waals surface area contributed by atoms with E-state index in [0.717, 1.165) is 4.47 Å². The lowest BCUT2D eigenvalue weighted by molar-refractivity contribution is -0.123. The van der Waals surface area contributed by atoms with Gasteiger partial charge in [-0.1, -0.05) is 22.0 Å². The van der Waals surface area contributed by atoms with E-state index in [0.29, 0.717) is 22.7 Å². The van der Waals surface area contributed by atoms with Gasteiger partial charge in [0.15, 0.2) is 6.61 Å². The third-order valence-corrected chi connectivity index (χ3v) is 4.30. The molecule has 3 rings (SSSR count). The smallest absolute Gasteiger partial charge is 0.265 e. The van der Waals surface area contributed by atoms with Crippen LogP contribution in [0.15, 0.2) is 46.9 Å². The maximum absolute atomic E-state index is 12.4. The van der Waals surface area contributed by atoms with Crippen LogP contribution >= 0.6 is 15.9 Å². The van der Waals surface area contributed by atoms with Crippen LogP contribution in [0.25, 0.3) is 0 Å². The summed E-state index contributed by atoms with van der Waals surface area (Å²) >= 11 is 3.35. The van der Waals surface area contributed by atoms with E-state index in [2.05, 4.69) is 26.6 Å². The molecule has 0 aliphatic carbocycles. The first kappa shape index (κ1) is 17.9. The molecular formula is C18H16BrN3O4. The lowest BCUT2D eigenvalue weighted by Crippen LogP contribution is -2.43. The predicted molar refractivity (Wildman–Crippen MR) is 100 cm³/mol. The molecule has 0 spiro atoms. The van der Waals surface area contributed by atoms with Crippen molar-refractivity contribution in [2.45, 2.75) is 0 Å². The van der Waals surface area contributed by atoms with Gasteiger partial charge in [0, 0.05) is 22.8 Å². The van der Waals surface area contributed by atoms with Crippen LogP contribution in [0.4, 0.5) is 11.4 Å². The molecule has 0 bridgehead atoms. The van der Waals surface area contributed by atoms with Crippen LogP contribution in [0.5, 0.6) is 5.75 Å². The number of hydrogen-bond donors (Lipinski definition) is 2. The Labute approximate surface area is 158 Å². The second-order valence-electron chi connectivity index (χ2n) is 5.59. The second kappa shape index (κ2) is 7.57. The summed E-state index contributed by atoms with van der Waals surface area (Å²) in [6.07, 6.45) is 0. The van der Waals surface area contributed by atoms with Crippen LogP contribution < -0.4 is 20.3 Å². The highest BCUT2D eigenvalue weighted by Gasteiger charge is 2.27. The number of amides is 3. The minimum absolute atomic E-state index is 0.122. The number of ether oxygens (including phenoxy) is 1. The normalized spacial score (nSPS) is 12.8. The lowest BCUT2D eigenvalue weighted by Gasteiger charge is -2.29. The molecule has 26 heavy (non-hydrogen) atoms. The van der Waals surface area contributed by atoms with E-state index in [1.165, 1.54) is 11.9 Å². The summed E-state index contributed by atoms with van der Waals surface area (Å²) < 4.78 is 6.22. The molecule has 2 N–H and O–H groups in total. The summed E-state index contributed by atoms with van der Waals surface area (Å²) in [7, 11) is 1.54. The third-order valence-electron chi connectivity index (χ3n) is 3.80. The first-order chi connectivity index (χ1) is 12.5. The van der Waals surface area contributed by atoms with E-state index in [1.54, 1.807) is 42.5 Å². The zero-order valence-corrected chi connectivity index (χ0v) is 15.5. The fourth-order valence-corrected chi connectivity index (χ4v) is 2.92. The van der Waals surface area contributed by atoms with Crippen molar-refractivity contribution in [3.05, 3.63) is 52.5 Å². The molecule has 2 aromatic carbocycles. The van der Waals surface area contributed by atoms with Crippen LogP contribution in [-0.2, 0) is 9.59 Å². The Hall–Kier alpha value is -2.87. The fraction of sp³-hybridized carbons (Fsp3) is 0.167. The highest BCUT2D eigenvalue weighted by Crippen LogP contribution is 2.34. The van der Waals surface area contributed by atoms with Crippen molar-refractivity contribution in [3.63, 3.8) is 0 Å². The Bertz CT molecular complexity index is 884. The van der Waals surface area contributed by atoms with Gasteiger partial charge in [0.05, 0.1) is 5.69 Å². The second-order valence-corrected chi connectivity index (χ2v) is 6.50. The van der Waals surface area contributed by atoms with Crippen molar-refractivity contribution < 1.29 is 19.1 Å². The van der Waals surface area contributed by atoms with Gasteiger partial charge in [-0.25, -0.2) is 0 Å². The third kappa shape index (κ3) is 3.85. The van der Waals surface area contributed by atoms with Crippen molar-refractivity contribution in [3.8, 4) is 5.75 Å². The maximum Gasteiger partial charge on any atom is 0.265 e. The maximum atomic E-state index is 12.4. The molecule has 2 aromatic rings. The molecule has 0 atom stereocenters. The zero-order valence-electron chi connectivity index (χ0n) is 13.9. The minimum Gasteiger partial charge on any atom is -0.482 e. The molecule has 1 aliphatic heterocycles. The van der Waals surface area contributed by atoms with E-state index in [9.17, 15) is 14.4 Å². The summed E-state index contributed by atoms with van der Waals surface area (Å²) in [5.41, 5.74) is 1.45. The van der Waals surface area contributed by atoms with Crippen LogP contribution in [0, 0.1) is 0 Å². The molecule has 1 aliphatic rings. The summed E-state index contributed by atoms with van der Waals surface area (Å²) in [5.74, 6) is -0.380. The molecule has 0 saturated heterocycles. The monoisotopic (exact) mass is 417 g/mol.